The fraction of sp³-hybridized carbons (Fsp3) is 0.500. The van der Waals surface area contributed by atoms with Gasteiger partial charge in [-0.05, 0) is 23.3 Å². The lowest BCUT2D eigenvalue weighted by molar-refractivity contribution is -0.139. The first-order valence-corrected chi connectivity index (χ1v) is 7.19. The molecule has 1 unspecified atom stereocenters. The zero-order chi connectivity index (χ0) is 15.5. The van der Waals surface area contributed by atoms with Crippen LogP contribution in [0, 0.1) is 11.3 Å². The summed E-state index contributed by atoms with van der Waals surface area (Å²) in [5.74, 6) is -0.540. The average molecular weight is 290 g/mol. The van der Waals surface area contributed by atoms with Crippen molar-refractivity contribution >= 4 is 12.0 Å². The smallest absolute Gasteiger partial charge is 0.326 e. The maximum absolute atomic E-state index is 11.8. The third kappa shape index (κ3) is 4.48. The highest BCUT2D eigenvalue weighted by Gasteiger charge is 2.45. The summed E-state index contributed by atoms with van der Waals surface area (Å²) in [5, 5.41) is 14.5. The van der Waals surface area contributed by atoms with Crippen LogP contribution in [-0.4, -0.2) is 29.7 Å². The number of carboxylic acids is 1. The second-order valence-corrected chi connectivity index (χ2v) is 6.32. The molecule has 5 nitrogen and oxygen atoms in total. The summed E-state index contributed by atoms with van der Waals surface area (Å²) in [6, 6.07) is 7.94. The molecule has 0 aliphatic heterocycles. The quantitative estimate of drug-likeness (QED) is 0.750. The molecule has 2 rings (SSSR count). The molecule has 0 saturated heterocycles. The molecule has 1 aromatic carbocycles. The number of carbonyl (C=O) groups excluding carboxylic acids is 1. The van der Waals surface area contributed by atoms with E-state index in [0.717, 1.165) is 12.0 Å². The number of rotatable bonds is 6. The third-order valence-electron chi connectivity index (χ3n) is 4.11. The molecular formula is C16H22N2O3. The van der Waals surface area contributed by atoms with Crippen molar-refractivity contribution in [1.29, 1.82) is 0 Å². The van der Waals surface area contributed by atoms with Crippen LogP contribution in [0.25, 0.3) is 0 Å². The number of nitrogens with one attached hydrogen (secondary N) is 2. The summed E-state index contributed by atoms with van der Waals surface area (Å²) in [7, 11) is 0. The zero-order valence-corrected chi connectivity index (χ0v) is 12.4. The summed E-state index contributed by atoms with van der Waals surface area (Å²) >= 11 is 0. The lowest BCUT2D eigenvalue weighted by Gasteiger charge is -2.15. The zero-order valence-electron chi connectivity index (χ0n) is 12.4. The molecule has 0 bridgehead atoms. The minimum atomic E-state index is -1.03. The Hall–Kier alpha value is -2.04. The first kappa shape index (κ1) is 15.4. The lowest BCUT2D eigenvalue weighted by Crippen LogP contribution is -2.47. The Kier molecular flexibility index (Phi) is 4.50. The SMILES string of the molecule is CC1(C)CC1CNC(=O)N[C@@H](Cc1ccccc1)C(=O)O. The predicted molar refractivity (Wildman–Crippen MR) is 80.0 cm³/mol. The maximum Gasteiger partial charge on any atom is 0.326 e. The molecule has 1 aliphatic carbocycles. The molecule has 1 saturated carbocycles. The third-order valence-corrected chi connectivity index (χ3v) is 4.11. The molecule has 1 fully saturated rings. The van der Waals surface area contributed by atoms with E-state index in [2.05, 4.69) is 24.5 Å². The fourth-order valence-corrected chi connectivity index (χ4v) is 2.40. The number of hydrogen-bond acceptors (Lipinski definition) is 2. The standard InChI is InChI=1S/C16H22N2O3/c1-16(2)9-12(16)10-17-15(21)18-13(14(19)20)8-11-6-4-3-5-7-11/h3-7,12-13H,8-10H2,1-2H3,(H,19,20)(H2,17,18,21)/t12?,13-/m0/s1. The van der Waals surface area contributed by atoms with Crippen molar-refractivity contribution < 1.29 is 14.7 Å². The number of benzene rings is 1. The Morgan fingerprint density at radius 3 is 2.48 bits per heavy atom. The molecule has 1 aromatic rings. The molecular weight excluding hydrogens is 268 g/mol. The van der Waals surface area contributed by atoms with Gasteiger partial charge in [0.2, 0.25) is 0 Å². The number of urea groups is 1. The van der Waals surface area contributed by atoms with Crippen LogP contribution in [0.15, 0.2) is 30.3 Å². The fourth-order valence-electron chi connectivity index (χ4n) is 2.40. The molecule has 2 atom stereocenters. The van der Waals surface area contributed by atoms with Gasteiger partial charge >= 0.3 is 12.0 Å². The largest absolute Gasteiger partial charge is 0.480 e. The Labute approximate surface area is 124 Å². The van der Waals surface area contributed by atoms with Crippen LogP contribution >= 0.6 is 0 Å². The molecule has 21 heavy (non-hydrogen) atoms. The summed E-state index contributed by atoms with van der Waals surface area (Å²) in [5.41, 5.74) is 1.18. The van der Waals surface area contributed by atoms with E-state index >= 15 is 0 Å². The van der Waals surface area contributed by atoms with Crippen molar-refractivity contribution in [1.82, 2.24) is 10.6 Å². The molecule has 0 aromatic heterocycles. The van der Waals surface area contributed by atoms with Crippen LogP contribution in [0.2, 0.25) is 0 Å². The summed E-state index contributed by atoms with van der Waals surface area (Å²) in [6.07, 6.45) is 1.37. The highest BCUT2D eigenvalue weighted by molar-refractivity contribution is 5.82. The van der Waals surface area contributed by atoms with Gasteiger partial charge in [-0.15, -0.1) is 0 Å². The van der Waals surface area contributed by atoms with Crippen molar-refractivity contribution in [3.05, 3.63) is 35.9 Å². The average Bonchev–Trinajstić information content (AvgIpc) is 3.04. The number of carboxylic acid groups (broad SMARTS) is 1. The second kappa shape index (κ2) is 6.16. The van der Waals surface area contributed by atoms with Crippen LogP contribution in [0.5, 0.6) is 0 Å². The van der Waals surface area contributed by atoms with Crippen LogP contribution < -0.4 is 10.6 Å². The van der Waals surface area contributed by atoms with Gasteiger partial charge in [-0.2, -0.15) is 0 Å². The van der Waals surface area contributed by atoms with E-state index in [4.69, 9.17) is 0 Å². The van der Waals surface area contributed by atoms with Gasteiger partial charge in [-0.3, -0.25) is 0 Å². The van der Waals surface area contributed by atoms with Crippen molar-refractivity contribution in [2.24, 2.45) is 11.3 Å². The van der Waals surface area contributed by atoms with Gasteiger partial charge in [-0.1, -0.05) is 44.2 Å². The minimum absolute atomic E-state index is 0.276. The van der Waals surface area contributed by atoms with E-state index in [0.29, 0.717) is 17.9 Å². The summed E-state index contributed by atoms with van der Waals surface area (Å²) < 4.78 is 0. The summed E-state index contributed by atoms with van der Waals surface area (Å²) in [4.78, 5) is 23.1. The van der Waals surface area contributed by atoms with Crippen molar-refractivity contribution in [3.8, 4) is 0 Å². The highest BCUT2D eigenvalue weighted by Crippen LogP contribution is 2.50. The van der Waals surface area contributed by atoms with Gasteiger partial charge in [0.15, 0.2) is 0 Å². The number of amides is 2. The van der Waals surface area contributed by atoms with Crippen molar-refractivity contribution in [3.63, 3.8) is 0 Å². The topological polar surface area (TPSA) is 78.4 Å². The molecule has 2 amide bonds. The van der Waals surface area contributed by atoms with E-state index in [1.165, 1.54) is 0 Å². The molecule has 0 spiro atoms. The second-order valence-electron chi connectivity index (χ2n) is 6.32. The minimum Gasteiger partial charge on any atom is -0.480 e. The Morgan fingerprint density at radius 2 is 1.95 bits per heavy atom. The van der Waals surface area contributed by atoms with Gasteiger partial charge < -0.3 is 15.7 Å². The molecule has 1 aliphatic rings. The molecule has 114 valence electrons. The molecule has 0 heterocycles. The van der Waals surface area contributed by atoms with Crippen molar-refractivity contribution in [2.45, 2.75) is 32.7 Å². The number of carbonyl (C=O) groups is 2. The van der Waals surface area contributed by atoms with E-state index in [9.17, 15) is 14.7 Å². The summed E-state index contributed by atoms with van der Waals surface area (Å²) in [6.45, 7) is 4.91. The van der Waals surface area contributed by atoms with Gasteiger partial charge in [-0.25, -0.2) is 9.59 Å². The van der Waals surface area contributed by atoms with Gasteiger partial charge in [0, 0.05) is 13.0 Å². The van der Waals surface area contributed by atoms with E-state index < -0.39 is 18.0 Å². The Bertz CT molecular complexity index is 514. The van der Waals surface area contributed by atoms with Gasteiger partial charge in [0.05, 0.1) is 0 Å². The predicted octanol–water partition coefficient (Wildman–Crippen LogP) is 2.03. The van der Waals surface area contributed by atoms with Crippen LogP contribution in [0.3, 0.4) is 0 Å². The highest BCUT2D eigenvalue weighted by atomic mass is 16.4. The number of hydrogen-bond donors (Lipinski definition) is 3. The van der Waals surface area contributed by atoms with Gasteiger partial charge in [0.25, 0.3) is 0 Å². The van der Waals surface area contributed by atoms with E-state index in [1.54, 1.807) is 0 Å². The Morgan fingerprint density at radius 1 is 1.33 bits per heavy atom. The van der Waals surface area contributed by atoms with Crippen LogP contribution in [-0.2, 0) is 11.2 Å². The monoisotopic (exact) mass is 290 g/mol. The normalized spacial score (nSPS) is 20.4. The molecule has 0 radical (unpaired) electrons. The van der Waals surface area contributed by atoms with Gasteiger partial charge in [0.1, 0.15) is 6.04 Å². The van der Waals surface area contributed by atoms with Crippen molar-refractivity contribution in [2.75, 3.05) is 6.54 Å². The lowest BCUT2D eigenvalue weighted by atomic mass is 10.1. The van der Waals surface area contributed by atoms with E-state index in [-0.39, 0.29) is 6.42 Å². The first-order valence-electron chi connectivity index (χ1n) is 7.19. The first-order chi connectivity index (χ1) is 9.88. The Balaban J connectivity index is 1.82. The maximum atomic E-state index is 11.8. The molecule has 3 N–H and O–H groups in total. The van der Waals surface area contributed by atoms with Crippen LogP contribution in [0.4, 0.5) is 4.79 Å². The number of aliphatic carboxylic acids is 1. The van der Waals surface area contributed by atoms with E-state index in [1.807, 2.05) is 30.3 Å². The van der Waals surface area contributed by atoms with Crippen LogP contribution in [0.1, 0.15) is 25.8 Å². The molecule has 5 heteroatoms.